The quantitative estimate of drug-likeness (QED) is 0.174. The van der Waals surface area contributed by atoms with Crippen LogP contribution in [-0.2, 0) is 9.31 Å². The molecule has 3 aromatic carbocycles. The number of rotatable bonds is 4. The highest BCUT2D eigenvalue weighted by molar-refractivity contribution is 7.19. The van der Waals surface area contributed by atoms with Crippen molar-refractivity contribution in [3.63, 3.8) is 0 Å². The molecule has 0 aliphatic carbocycles. The van der Waals surface area contributed by atoms with Gasteiger partial charge in [-0.3, -0.25) is 0 Å². The second-order valence-electron chi connectivity index (χ2n) is 10.6. The molecule has 0 radical (unpaired) electrons. The van der Waals surface area contributed by atoms with Crippen LogP contribution in [0.3, 0.4) is 0 Å². The fourth-order valence-corrected chi connectivity index (χ4v) is 6.16. The fraction of sp³-hybridized carbons (Fsp3) is 0.273. The normalized spacial score (nSPS) is 16.4. The molecule has 5 heteroatoms. The summed E-state index contributed by atoms with van der Waals surface area (Å²) >= 11 is 1.84. The van der Waals surface area contributed by atoms with Crippen LogP contribution in [0.2, 0.25) is 0 Å². The average molecular weight is 522 g/mol. The highest BCUT2D eigenvalue weighted by Crippen LogP contribution is 2.39. The van der Waals surface area contributed by atoms with Crippen LogP contribution in [0.15, 0.2) is 79.4 Å². The summed E-state index contributed by atoms with van der Waals surface area (Å²) in [4.78, 5) is 1.31. The molecule has 1 aliphatic heterocycles. The lowest BCUT2D eigenvalue weighted by Crippen LogP contribution is -2.41. The first-order valence-electron chi connectivity index (χ1n) is 13.4. The Morgan fingerprint density at radius 2 is 1.53 bits per heavy atom. The van der Waals surface area contributed by atoms with Crippen LogP contribution < -0.4 is 5.46 Å². The van der Waals surface area contributed by atoms with Gasteiger partial charge in [-0.25, -0.2) is 0 Å². The summed E-state index contributed by atoms with van der Waals surface area (Å²) in [5, 5.41) is 3.69. The van der Waals surface area contributed by atoms with Crippen molar-refractivity contribution in [1.82, 2.24) is 4.57 Å². The predicted octanol–water partition coefficient (Wildman–Crippen LogP) is 8.83. The van der Waals surface area contributed by atoms with Crippen molar-refractivity contribution in [2.24, 2.45) is 0 Å². The molecule has 0 unspecified atom stereocenters. The highest BCUT2D eigenvalue weighted by atomic mass is 32.1. The maximum Gasteiger partial charge on any atom is 0.494 e. The van der Waals surface area contributed by atoms with Gasteiger partial charge in [0.2, 0.25) is 0 Å². The number of fused-ring (bicyclic) bond motifs is 4. The van der Waals surface area contributed by atoms with E-state index in [1.54, 1.807) is 0 Å². The van der Waals surface area contributed by atoms with Crippen molar-refractivity contribution in [2.45, 2.75) is 59.7 Å². The van der Waals surface area contributed by atoms with E-state index in [0.717, 1.165) is 11.2 Å². The minimum absolute atomic E-state index is 0.369. The van der Waals surface area contributed by atoms with Gasteiger partial charge in [-0.2, -0.15) is 0 Å². The van der Waals surface area contributed by atoms with Crippen molar-refractivity contribution in [3.05, 3.63) is 89.8 Å². The van der Waals surface area contributed by atoms with E-state index >= 15 is 0 Å². The molecule has 0 atom stereocenters. The van der Waals surface area contributed by atoms with Gasteiger partial charge in [-0.15, -0.1) is 11.3 Å². The van der Waals surface area contributed by atoms with Gasteiger partial charge in [-0.1, -0.05) is 69.0 Å². The molecular formula is C33H36BNO2S. The third kappa shape index (κ3) is 4.23. The third-order valence-corrected chi connectivity index (χ3v) is 8.88. The molecule has 0 spiro atoms. The minimum atomic E-state index is -0.383. The SMILES string of the molecule is C=C/C=C\c1c(C)sc2ccc(-n3c4ccccc4c4cc(B5OC(C)(C)C(C)(C)O5)ccc43)cc12.CC. The van der Waals surface area contributed by atoms with Gasteiger partial charge in [0.15, 0.2) is 0 Å². The molecule has 1 saturated heterocycles. The Bertz CT molecular complexity index is 1670. The number of hydrogen-bond donors (Lipinski definition) is 0. The molecule has 5 aromatic rings. The number of thiophene rings is 1. The molecule has 2 aromatic heterocycles. The first kappa shape index (κ1) is 26.5. The van der Waals surface area contributed by atoms with E-state index in [9.17, 15) is 0 Å². The summed E-state index contributed by atoms with van der Waals surface area (Å²) in [6.07, 6.45) is 6.00. The van der Waals surface area contributed by atoms with E-state index in [1.165, 1.54) is 42.3 Å². The standard InChI is InChI=1S/C31H30BNO2S.C2H6/c1-7-8-11-23-20(2)36-29-17-15-22(19-26(23)29)33-27-13-10-9-12-24(27)25-18-21(14-16-28(25)33)32-34-30(3,4)31(5,6)35-32;1-2/h7-19H,1H2,2-6H3;1-2H3/b11-8-;. The number of allylic oxidation sites excluding steroid dienone is 2. The molecule has 0 N–H and O–H groups in total. The molecule has 1 aliphatic rings. The van der Waals surface area contributed by atoms with Crippen molar-refractivity contribution >= 4 is 61.9 Å². The fourth-order valence-electron chi connectivity index (χ4n) is 5.13. The van der Waals surface area contributed by atoms with Crippen LogP contribution in [0.4, 0.5) is 0 Å². The lowest BCUT2D eigenvalue weighted by molar-refractivity contribution is 0.00578. The van der Waals surface area contributed by atoms with E-state index < -0.39 is 0 Å². The molecule has 0 bridgehead atoms. The largest absolute Gasteiger partial charge is 0.494 e. The first-order valence-corrected chi connectivity index (χ1v) is 14.2. The Labute approximate surface area is 230 Å². The Morgan fingerprint density at radius 3 is 2.24 bits per heavy atom. The zero-order valence-corrected chi connectivity index (χ0v) is 24.3. The van der Waals surface area contributed by atoms with Crippen LogP contribution in [0, 0.1) is 6.92 Å². The molecule has 38 heavy (non-hydrogen) atoms. The molecule has 0 saturated carbocycles. The van der Waals surface area contributed by atoms with Crippen LogP contribution in [0.25, 0.3) is 43.7 Å². The topological polar surface area (TPSA) is 23.4 Å². The molecular weight excluding hydrogens is 485 g/mol. The van der Waals surface area contributed by atoms with Crippen LogP contribution >= 0.6 is 11.3 Å². The number of nitrogens with zero attached hydrogens (tertiary/aromatic N) is 1. The lowest BCUT2D eigenvalue weighted by atomic mass is 9.78. The van der Waals surface area contributed by atoms with E-state index in [2.05, 4.69) is 113 Å². The zero-order chi connectivity index (χ0) is 27.2. The Balaban J connectivity index is 0.00000144. The average Bonchev–Trinajstić information content (AvgIpc) is 3.48. The van der Waals surface area contributed by atoms with E-state index in [0.29, 0.717) is 0 Å². The second-order valence-corrected chi connectivity index (χ2v) is 11.8. The van der Waals surface area contributed by atoms with Crippen molar-refractivity contribution in [3.8, 4) is 5.69 Å². The van der Waals surface area contributed by atoms with Gasteiger partial charge in [0, 0.05) is 31.4 Å². The van der Waals surface area contributed by atoms with Crippen LogP contribution in [-0.4, -0.2) is 22.9 Å². The van der Waals surface area contributed by atoms with Crippen molar-refractivity contribution in [1.29, 1.82) is 0 Å². The third-order valence-electron chi connectivity index (χ3n) is 7.77. The molecule has 3 nitrogen and oxygen atoms in total. The predicted molar refractivity (Wildman–Crippen MR) is 167 cm³/mol. The number of para-hydroxylation sites is 1. The van der Waals surface area contributed by atoms with Crippen molar-refractivity contribution < 1.29 is 9.31 Å². The maximum absolute atomic E-state index is 6.36. The molecule has 3 heterocycles. The van der Waals surface area contributed by atoms with Gasteiger partial charge in [0.1, 0.15) is 0 Å². The maximum atomic E-state index is 6.36. The molecule has 0 amide bonds. The molecule has 1 fully saturated rings. The summed E-state index contributed by atoms with van der Waals surface area (Å²) in [6, 6.07) is 22.0. The molecule has 194 valence electrons. The summed E-state index contributed by atoms with van der Waals surface area (Å²) in [5.41, 5.74) is 5.09. The molecule has 6 rings (SSSR count). The van der Waals surface area contributed by atoms with Gasteiger partial charge in [-0.05, 0) is 76.0 Å². The van der Waals surface area contributed by atoms with Crippen LogP contribution in [0.1, 0.15) is 52.0 Å². The highest BCUT2D eigenvalue weighted by Gasteiger charge is 2.51. The van der Waals surface area contributed by atoms with E-state index in [4.69, 9.17) is 9.31 Å². The van der Waals surface area contributed by atoms with Gasteiger partial charge < -0.3 is 13.9 Å². The lowest BCUT2D eigenvalue weighted by Gasteiger charge is -2.32. The number of benzene rings is 3. The Morgan fingerprint density at radius 1 is 0.842 bits per heavy atom. The zero-order valence-electron chi connectivity index (χ0n) is 23.5. The summed E-state index contributed by atoms with van der Waals surface area (Å²) in [6.45, 7) is 18.4. The number of hydrogen-bond acceptors (Lipinski definition) is 3. The summed E-state index contributed by atoms with van der Waals surface area (Å²) < 4.78 is 16.4. The van der Waals surface area contributed by atoms with E-state index in [-0.39, 0.29) is 18.3 Å². The first-order chi connectivity index (χ1) is 18.2. The van der Waals surface area contributed by atoms with Gasteiger partial charge in [0.05, 0.1) is 22.2 Å². The summed E-state index contributed by atoms with van der Waals surface area (Å²) in [5.74, 6) is 0. The van der Waals surface area contributed by atoms with Crippen LogP contribution in [0.5, 0.6) is 0 Å². The Kier molecular flexibility index (Phi) is 6.89. The Hall–Kier alpha value is -3.12. The van der Waals surface area contributed by atoms with Gasteiger partial charge in [0.25, 0.3) is 0 Å². The van der Waals surface area contributed by atoms with Gasteiger partial charge >= 0.3 is 7.12 Å². The summed E-state index contributed by atoms with van der Waals surface area (Å²) in [7, 11) is -0.383. The number of aryl methyl sites for hydroxylation is 1. The monoisotopic (exact) mass is 521 g/mol. The van der Waals surface area contributed by atoms with E-state index in [1.807, 2.05) is 37.3 Å². The number of aromatic nitrogens is 1. The van der Waals surface area contributed by atoms with Crippen molar-refractivity contribution in [2.75, 3.05) is 0 Å². The minimum Gasteiger partial charge on any atom is -0.399 e. The second kappa shape index (κ2) is 9.89. The smallest absolute Gasteiger partial charge is 0.399 e.